The number of nitrogens with one attached hydrogen (secondary N) is 1. The highest BCUT2D eigenvalue weighted by molar-refractivity contribution is 14.1. The molecule has 1 amide bonds. The first-order chi connectivity index (χ1) is 11.7. The first-order valence-corrected chi connectivity index (χ1v) is 8.62. The van der Waals surface area contributed by atoms with Gasteiger partial charge in [-0.15, -0.1) is 0 Å². The van der Waals surface area contributed by atoms with Gasteiger partial charge < -0.3 is 10.1 Å². The molecule has 0 saturated heterocycles. The molecular formula is C20H16INO2. The number of hydrogen-bond donors (Lipinski definition) is 1. The summed E-state index contributed by atoms with van der Waals surface area (Å²) in [5.74, 6) is 0.591. The van der Waals surface area contributed by atoms with E-state index in [1.807, 2.05) is 72.8 Å². The Balaban J connectivity index is 1.65. The van der Waals surface area contributed by atoms with E-state index in [0.29, 0.717) is 17.9 Å². The van der Waals surface area contributed by atoms with Crippen molar-refractivity contribution in [1.29, 1.82) is 0 Å². The first-order valence-electron chi connectivity index (χ1n) is 7.54. The van der Waals surface area contributed by atoms with E-state index in [1.165, 1.54) is 0 Å². The number of carbonyl (C=O) groups excluding carboxylic acids is 1. The molecule has 3 aromatic carbocycles. The van der Waals surface area contributed by atoms with E-state index in [2.05, 4.69) is 27.9 Å². The monoisotopic (exact) mass is 429 g/mol. The smallest absolute Gasteiger partial charge is 0.255 e. The number of anilines is 1. The van der Waals surface area contributed by atoms with Crippen molar-refractivity contribution in [3.63, 3.8) is 0 Å². The number of hydrogen-bond acceptors (Lipinski definition) is 2. The molecule has 24 heavy (non-hydrogen) atoms. The second-order valence-electron chi connectivity index (χ2n) is 5.27. The summed E-state index contributed by atoms with van der Waals surface area (Å²) < 4.78 is 6.81. The van der Waals surface area contributed by atoms with Crippen molar-refractivity contribution in [2.24, 2.45) is 0 Å². The van der Waals surface area contributed by atoms with E-state index in [9.17, 15) is 4.79 Å². The van der Waals surface area contributed by atoms with Crippen LogP contribution >= 0.6 is 22.6 Å². The van der Waals surface area contributed by atoms with Crippen molar-refractivity contribution in [3.05, 3.63) is 93.6 Å². The molecule has 0 spiro atoms. The van der Waals surface area contributed by atoms with Gasteiger partial charge in [0.1, 0.15) is 12.4 Å². The lowest BCUT2D eigenvalue weighted by atomic mass is 10.2. The van der Waals surface area contributed by atoms with E-state index >= 15 is 0 Å². The normalized spacial score (nSPS) is 10.2. The van der Waals surface area contributed by atoms with E-state index in [1.54, 1.807) is 6.07 Å². The van der Waals surface area contributed by atoms with Crippen molar-refractivity contribution in [1.82, 2.24) is 0 Å². The van der Waals surface area contributed by atoms with E-state index in [0.717, 1.165) is 14.9 Å². The molecule has 120 valence electrons. The summed E-state index contributed by atoms with van der Waals surface area (Å²) in [4.78, 5) is 12.3. The van der Waals surface area contributed by atoms with Crippen LogP contribution in [0.2, 0.25) is 0 Å². The predicted molar refractivity (Wildman–Crippen MR) is 104 cm³/mol. The van der Waals surface area contributed by atoms with Gasteiger partial charge in [0.15, 0.2) is 0 Å². The Morgan fingerprint density at radius 1 is 0.917 bits per heavy atom. The summed E-state index contributed by atoms with van der Waals surface area (Å²) in [5, 5.41) is 2.90. The van der Waals surface area contributed by atoms with Gasteiger partial charge in [0.05, 0.1) is 0 Å². The van der Waals surface area contributed by atoms with Crippen LogP contribution in [-0.4, -0.2) is 5.91 Å². The molecule has 1 N–H and O–H groups in total. The van der Waals surface area contributed by atoms with Crippen LogP contribution in [0.1, 0.15) is 15.9 Å². The average Bonchev–Trinajstić information content (AvgIpc) is 2.61. The maximum absolute atomic E-state index is 12.3. The lowest BCUT2D eigenvalue weighted by molar-refractivity contribution is 0.102. The molecule has 0 aliphatic rings. The quantitative estimate of drug-likeness (QED) is 0.572. The molecule has 0 saturated carbocycles. The number of benzene rings is 3. The van der Waals surface area contributed by atoms with Gasteiger partial charge >= 0.3 is 0 Å². The van der Waals surface area contributed by atoms with Gasteiger partial charge in [-0.3, -0.25) is 4.79 Å². The molecule has 3 aromatic rings. The summed E-state index contributed by atoms with van der Waals surface area (Å²) in [5.41, 5.74) is 2.45. The molecule has 3 nitrogen and oxygen atoms in total. The first kappa shape index (κ1) is 16.5. The van der Waals surface area contributed by atoms with Gasteiger partial charge in [-0.1, -0.05) is 42.5 Å². The van der Waals surface area contributed by atoms with E-state index in [-0.39, 0.29) is 5.91 Å². The molecule has 0 fully saturated rings. The van der Waals surface area contributed by atoms with Crippen LogP contribution in [0.3, 0.4) is 0 Å². The van der Waals surface area contributed by atoms with Gasteiger partial charge in [0.2, 0.25) is 0 Å². The minimum absolute atomic E-state index is 0.131. The zero-order chi connectivity index (χ0) is 16.8. The molecule has 0 atom stereocenters. The lowest BCUT2D eigenvalue weighted by Gasteiger charge is -2.09. The zero-order valence-electron chi connectivity index (χ0n) is 12.9. The third-order valence-corrected chi connectivity index (χ3v) is 4.10. The summed E-state index contributed by atoms with van der Waals surface area (Å²) in [6.45, 7) is 0.495. The molecule has 0 radical (unpaired) electrons. The lowest BCUT2D eigenvalue weighted by Crippen LogP contribution is -2.12. The Labute approximate surface area is 154 Å². The summed E-state index contributed by atoms with van der Waals surface area (Å²) >= 11 is 2.19. The highest BCUT2D eigenvalue weighted by atomic mass is 127. The van der Waals surface area contributed by atoms with Gasteiger partial charge in [0.25, 0.3) is 5.91 Å². The fourth-order valence-corrected chi connectivity index (χ4v) is 2.78. The van der Waals surface area contributed by atoms with Crippen molar-refractivity contribution in [2.75, 3.05) is 5.32 Å². The highest BCUT2D eigenvalue weighted by Crippen LogP contribution is 2.19. The Morgan fingerprint density at radius 3 is 2.50 bits per heavy atom. The maximum Gasteiger partial charge on any atom is 0.255 e. The fraction of sp³-hybridized carbons (Fsp3) is 0.0500. The molecule has 0 heterocycles. The Kier molecular flexibility index (Phi) is 5.48. The molecule has 0 aliphatic carbocycles. The third kappa shape index (κ3) is 4.58. The number of halogens is 1. The van der Waals surface area contributed by atoms with E-state index < -0.39 is 0 Å². The van der Waals surface area contributed by atoms with Gasteiger partial charge in [-0.2, -0.15) is 0 Å². The van der Waals surface area contributed by atoms with Crippen LogP contribution < -0.4 is 10.1 Å². The molecule has 4 heteroatoms. The van der Waals surface area contributed by atoms with Crippen LogP contribution in [0.25, 0.3) is 0 Å². The molecular weight excluding hydrogens is 413 g/mol. The number of rotatable bonds is 5. The molecule has 0 aliphatic heterocycles. The minimum Gasteiger partial charge on any atom is -0.489 e. The maximum atomic E-state index is 12.3. The topological polar surface area (TPSA) is 38.3 Å². The van der Waals surface area contributed by atoms with Crippen LogP contribution in [-0.2, 0) is 6.61 Å². The molecule has 0 bridgehead atoms. The van der Waals surface area contributed by atoms with Gasteiger partial charge in [-0.05, 0) is 58.5 Å². The van der Waals surface area contributed by atoms with Crippen molar-refractivity contribution in [3.8, 4) is 5.75 Å². The molecule has 0 aromatic heterocycles. The summed E-state index contributed by atoms with van der Waals surface area (Å²) in [6.07, 6.45) is 0. The number of ether oxygens (including phenoxy) is 1. The zero-order valence-corrected chi connectivity index (χ0v) is 15.1. The standard InChI is InChI=1S/C20H16INO2/c21-17-9-4-8-16(12-17)20(23)22-18-10-5-11-19(13-18)24-14-15-6-2-1-3-7-15/h1-13H,14H2,(H,22,23). The molecule has 0 unspecified atom stereocenters. The minimum atomic E-state index is -0.131. The van der Waals surface area contributed by atoms with Crippen molar-refractivity contribution < 1.29 is 9.53 Å². The predicted octanol–water partition coefficient (Wildman–Crippen LogP) is 5.12. The van der Waals surface area contributed by atoms with Crippen molar-refractivity contribution >= 4 is 34.2 Å². The van der Waals surface area contributed by atoms with E-state index in [4.69, 9.17) is 4.74 Å². The fourth-order valence-electron chi connectivity index (χ4n) is 2.24. The second-order valence-corrected chi connectivity index (χ2v) is 6.51. The van der Waals surface area contributed by atoms with Crippen LogP contribution in [0.4, 0.5) is 5.69 Å². The average molecular weight is 429 g/mol. The number of amides is 1. The highest BCUT2D eigenvalue weighted by Gasteiger charge is 2.07. The van der Waals surface area contributed by atoms with Crippen LogP contribution in [0.5, 0.6) is 5.75 Å². The van der Waals surface area contributed by atoms with Gasteiger partial charge in [0, 0.05) is 20.9 Å². The Bertz CT molecular complexity index is 834. The summed E-state index contributed by atoms with van der Waals surface area (Å²) in [7, 11) is 0. The second kappa shape index (κ2) is 7.97. The van der Waals surface area contributed by atoms with Crippen molar-refractivity contribution in [2.45, 2.75) is 6.61 Å². The Morgan fingerprint density at radius 2 is 1.71 bits per heavy atom. The van der Waals surface area contributed by atoms with Crippen LogP contribution in [0.15, 0.2) is 78.9 Å². The largest absolute Gasteiger partial charge is 0.489 e. The summed E-state index contributed by atoms with van der Waals surface area (Å²) in [6, 6.07) is 24.9. The SMILES string of the molecule is O=C(Nc1cccc(OCc2ccccc2)c1)c1cccc(I)c1. The van der Waals surface area contributed by atoms with Gasteiger partial charge in [-0.25, -0.2) is 0 Å². The third-order valence-electron chi connectivity index (χ3n) is 3.43. The van der Waals surface area contributed by atoms with Crippen LogP contribution in [0, 0.1) is 3.57 Å². The number of carbonyl (C=O) groups is 1. The Hall–Kier alpha value is -2.34. The molecule has 3 rings (SSSR count).